The van der Waals surface area contributed by atoms with Crippen molar-refractivity contribution in [2.45, 2.75) is 27.3 Å². The molecule has 0 spiro atoms. The molecule has 0 aliphatic carbocycles. The Balaban J connectivity index is 1.56. The Kier molecular flexibility index (Phi) is 4.78. The van der Waals surface area contributed by atoms with E-state index in [9.17, 15) is 9.18 Å². The van der Waals surface area contributed by atoms with Crippen LogP contribution in [-0.4, -0.2) is 37.4 Å². The van der Waals surface area contributed by atoms with Gasteiger partial charge in [0, 0.05) is 23.7 Å². The number of carbonyl (C=O) groups excluding carboxylic acids is 1. The number of imidazole rings is 1. The van der Waals surface area contributed by atoms with E-state index >= 15 is 0 Å². The van der Waals surface area contributed by atoms with Gasteiger partial charge in [-0.2, -0.15) is 0 Å². The second-order valence-electron chi connectivity index (χ2n) is 7.81. The molecule has 0 saturated heterocycles. The lowest BCUT2D eigenvalue weighted by atomic mass is 10.0. The molecule has 0 aliphatic rings. The zero-order valence-electron chi connectivity index (χ0n) is 18.0. The van der Waals surface area contributed by atoms with Crippen LogP contribution in [0.25, 0.3) is 27.3 Å². The molecular weight excluding hydrogens is 429 g/mol. The van der Waals surface area contributed by atoms with Gasteiger partial charge in [0.15, 0.2) is 4.96 Å². The number of hydrogen-bond donors (Lipinski definition) is 0. The van der Waals surface area contributed by atoms with Crippen molar-refractivity contribution in [2.24, 2.45) is 0 Å². The third-order valence-corrected chi connectivity index (χ3v) is 6.36. The lowest BCUT2D eigenvalue weighted by molar-refractivity contribution is 0.0784. The highest BCUT2D eigenvalue weighted by Gasteiger charge is 2.23. The largest absolute Gasteiger partial charge is 0.336 e. The highest BCUT2D eigenvalue weighted by atomic mass is 32.1. The topological polar surface area (TPSA) is 76.5 Å². The van der Waals surface area contributed by atoms with Crippen LogP contribution < -0.4 is 0 Å². The molecule has 0 aliphatic heterocycles. The minimum Gasteiger partial charge on any atom is -0.336 e. The number of hydrogen-bond acceptors (Lipinski definition) is 6. The van der Waals surface area contributed by atoms with Gasteiger partial charge in [0.05, 0.1) is 40.3 Å². The van der Waals surface area contributed by atoms with Crippen molar-refractivity contribution in [1.82, 2.24) is 24.4 Å². The Hall–Kier alpha value is -3.59. The number of fused-ring (bicyclic) bond motifs is 2. The number of amides is 1. The van der Waals surface area contributed by atoms with E-state index in [0.29, 0.717) is 34.4 Å². The normalized spacial score (nSPS) is 11.5. The first kappa shape index (κ1) is 20.3. The number of halogens is 1. The van der Waals surface area contributed by atoms with E-state index in [0.717, 1.165) is 21.2 Å². The van der Waals surface area contributed by atoms with Crippen LogP contribution in [0.15, 0.2) is 41.1 Å². The van der Waals surface area contributed by atoms with E-state index in [-0.39, 0.29) is 17.4 Å². The van der Waals surface area contributed by atoms with Crippen LogP contribution in [0.2, 0.25) is 0 Å². The number of nitrogens with zero attached hydrogens (tertiary/aromatic N) is 5. The van der Waals surface area contributed by atoms with Crippen molar-refractivity contribution < 1.29 is 13.7 Å². The van der Waals surface area contributed by atoms with Gasteiger partial charge >= 0.3 is 0 Å². The molecule has 4 heterocycles. The molecule has 1 amide bonds. The van der Waals surface area contributed by atoms with Gasteiger partial charge < -0.3 is 9.42 Å². The molecule has 5 rings (SSSR count). The summed E-state index contributed by atoms with van der Waals surface area (Å²) in [5.74, 6) is -0.527. The van der Waals surface area contributed by atoms with Crippen LogP contribution in [-0.2, 0) is 6.54 Å². The number of carbonyl (C=O) groups is 1. The maximum Gasteiger partial charge on any atom is 0.259 e. The Morgan fingerprint density at radius 3 is 2.66 bits per heavy atom. The molecule has 0 fully saturated rings. The number of aromatic nitrogens is 4. The fraction of sp³-hybridized carbons (Fsp3) is 0.217. The molecule has 7 nitrogen and oxygen atoms in total. The highest BCUT2D eigenvalue weighted by Crippen LogP contribution is 2.29. The van der Waals surface area contributed by atoms with E-state index in [1.807, 2.05) is 24.4 Å². The lowest BCUT2D eigenvalue weighted by Crippen LogP contribution is -2.27. The smallest absolute Gasteiger partial charge is 0.259 e. The Bertz CT molecular complexity index is 1480. The minimum atomic E-state index is -0.340. The van der Waals surface area contributed by atoms with Crippen LogP contribution in [0, 0.1) is 26.6 Å². The number of rotatable bonds is 4. The Morgan fingerprint density at radius 2 is 1.91 bits per heavy atom. The van der Waals surface area contributed by atoms with Crippen molar-refractivity contribution in [3.05, 3.63) is 69.9 Å². The quantitative estimate of drug-likeness (QED) is 0.389. The predicted molar refractivity (Wildman–Crippen MR) is 120 cm³/mol. The van der Waals surface area contributed by atoms with Crippen molar-refractivity contribution in [3.63, 3.8) is 0 Å². The van der Waals surface area contributed by atoms with Gasteiger partial charge in [-0.15, -0.1) is 11.3 Å². The third kappa shape index (κ3) is 3.34. The summed E-state index contributed by atoms with van der Waals surface area (Å²) in [5, 5.41) is 4.58. The van der Waals surface area contributed by atoms with Crippen LogP contribution in [0.3, 0.4) is 0 Å². The average Bonchev–Trinajstić information content (AvgIpc) is 3.40. The molecule has 9 heteroatoms. The summed E-state index contributed by atoms with van der Waals surface area (Å²) < 4.78 is 20.8. The maximum atomic E-state index is 13.6. The van der Waals surface area contributed by atoms with Gasteiger partial charge in [-0.1, -0.05) is 5.16 Å². The molecule has 5 aromatic rings. The van der Waals surface area contributed by atoms with Crippen LogP contribution >= 0.6 is 11.3 Å². The molecule has 0 bridgehead atoms. The van der Waals surface area contributed by atoms with Gasteiger partial charge in [0.2, 0.25) is 0 Å². The Labute approximate surface area is 187 Å². The summed E-state index contributed by atoms with van der Waals surface area (Å²) >= 11 is 1.62. The molecule has 0 N–H and O–H groups in total. The third-order valence-electron chi connectivity index (χ3n) is 5.46. The molecule has 4 aromatic heterocycles. The SMILES string of the molecule is Cc1cn2c(CN(C)C(=O)c3cc(-c4ccc(F)cc4)nc4onc(C)c34)c(C)nc2s1. The van der Waals surface area contributed by atoms with E-state index in [1.165, 1.54) is 12.1 Å². The molecular formula is C23H20FN5O2S. The van der Waals surface area contributed by atoms with Crippen LogP contribution in [0.1, 0.15) is 32.3 Å². The van der Waals surface area contributed by atoms with Crippen molar-refractivity contribution in [3.8, 4) is 11.3 Å². The first-order valence-corrected chi connectivity index (χ1v) is 10.9. The number of pyridine rings is 1. The summed E-state index contributed by atoms with van der Waals surface area (Å²) in [6.45, 7) is 6.15. The molecule has 0 atom stereocenters. The number of aryl methyl sites for hydroxylation is 3. The summed E-state index contributed by atoms with van der Waals surface area (Å²) in [6, 6.07) is 7.67. The first-order valence-electron chi connectivity index (χ1n) is 10.0. The zero-order chi connectivity index (χ0) is 22.6. The Morgan fingerprint density at radius 1 is 1.16 bits per heavy atom. The summed E-state index contributed by atoms with van der Waals surface area (Å²) in [6.07, 6.45) is 2.04. The van der Waals surface area contributed by atoms with E-state index < -0.39 is 0 Å². The van der Waals surface area contributed by atoms with Gasteiger partial charge in [0.1, 0.15) is 5.82 Å². The number of thiazole rings is 1. The van der Waals surface area contributed by atoms with E-state index in [2.05, 4.69) is 15.1 Å². The summed E-state index contributed by atoms with van der Waals surface area (Å²) in [7, 11) is 1.76. The molecule has 0 radical (unpaired) electrons. The van der Waals surface area contributed by atoms with Crippen LogP contribution in [0.5, 0.6) is 0 Å². The minimum absolute atomic E-state index is 0.187. The van der Waals surface area contributed by atoms with Crippen molar-refractivity contribution in [2.75, 3.05) is 7.05 Å². The molecule has 32 heavy (non-hydrogen) atoms. The zero-order valence-corrected chi connectivity index (χ0v) is 18.8. The molecule has 162 valence electrons. The fourth-order valence-electron chi connectivity index (χ4n) is 3.83. The molecule has 1 aromatic carbocycles. The predicted octanol–water partition coefficient (Wildman–Crippen LogP) is 4.94. The second-order valence-corrected chi connectivity index (χ2v) is 9.02. The standard InChI is InChI=1S/C23H20FN5O2S/c1-12-10-29-19(13(2)25-23(29)32-12)11-28(4)22(30)17-9-18(15-5-7-16(24)8-6-15)26-21-20(17)14(3)27-31-21/h5-10H,11H2,1-4H3. The lowest BCUT2D eigenvalue weighted by Gasteiger charge is -2.18. The van der Waals surface area contributed by atoms with Crippen molar-refractivity contribution >= 4 is 33.3 Å². The van der Waals surface area contributed by atoms with Crippen molar-refractivity contribution in [1.29, 1.82) is 0 Å². The van der Waals surface area contributed by atoms with E-state index in [1.54, 1.807) is 48.4 Å². The highest BCUT2D eigenvalue weighted by molar-refractivity contribution is 7.17. The van der Waals surface area contributed by atoms with Gasteiger partial charge in [-0.25, -0.2) is 14.4 Å². The average molecular weight is 450 g/mol. The monoisotopic (exact) mass is 449 g/mol. The summed E-state index contributed by atoms with van der Waals surface area (Å²) in [4.78, 5) is 26.4. The fourth-order valence-corrected chi connectivity index (χ4v) is 4.72. The van der Waals surface area contributed by atoms with Gasteiger partial charge in [0.25, 0.3) is 11.6 Å². The summed E-state index contributed by atoms with van der Waals surface area (Å²) in [5.41, 5.74) is 4.36. The molecule has 0 unspecified atom stereocenters. The van der Waals surface area contributed by atoms with Gasteiger partial charge in [-0.05, 0) is 51.1 Å². The second kappa shape index (κ2) is 7.52. The number of benzene rings is 1. The first-order chi connectivity index (χ1) is 15.3. The van der Waals surface area contributed by atoms with Gasteiger partial charge in [-0.3, -0.25) is 9.20 Å². The van der Waals surface area contributed by atoms with Crippen LogP contribution in [0.4, 0.5) is 4.39 Å². The molecule has 0 saturated carbocycles. The van der Waals surface area contributed by atoms with E-state index in [4.69, 9.17) is 4.52 Å². The maximum absolute atomic E-state index is 13.6.